The van der Waals surface area contributed by atoms with Crippen LogP contribution >= 0.6 is 0 Å². The Hall–Kier alpha value is -3.14. The van der Waals surface area contributed by atoms with Gasteiger partial charge in [0.05, 0.1) is 16.6 Å². The third kappa shape index (κ3) is 4.67. The van der Waals surface area contributed by atoms with Gasteiger partial charge in [0.15, 0.2) is 0 Å². The standard InChI is InChI=1S/C15H15N3O6S/c1-9-10(2)17-24-15(9)18-25(22,23)12-5-3-11(4-6-12)16-13(19)7-8-14(20)21/h3-8,18H,1-2H3,(H,16,19)(H,20,21)/p-1. The molecule has 1 amide bonds. The number of aliphatic carboxylic acids is 1. The van der Waals surface area contributed by atoms with Crippen LogP contribution in [0.1, 0.15) is 11.3 Å². The summed E-state index contributed by atoms with van der Waals surface area (Å²) in [5.74, 6) is -2.16. The second kappa shape index (κ2) is 7.18. The Morgan fingerprint density at radius 2 is 1.80 bits per heavy atom. The van der Waals surface area contributed by atoms with Gasteiger partial charge in [-0.2, -0.15) is 0 Å². The summed E-state index contributed by atoms with van der Waals surface area (Å²) in [4.78, 5) is 21.6. The van der Waals surface area contributed by atoms with E-state index < -0.39 is 21.9 Å². The molecule has 10 heteroatoms. The van der Waals surface area contributed by atoms with Crippen LogP contribution < -0.4 is 15.1 Å². The molecule has 1 aromatic carbocycles. The van der Waals surface area contributed by atoms with Gasteiger partial charge in [-0.25, -0.2) is 13.1 Å². The summed E-state index contributed by atoms with van der Waals surface area (Å²) in [5, 5.41) is 16.3. The zero-order valence-corrected chi connectivity index (χ0v) is 14.1. The van der Waals surface area contributed by atoms with Crippen LogP contribution in [0.5, 0.6) is 0 Å². The van der Waals surface area contributed by atoms with Gasteiger partial charge in [-0.3, -0.25) is 4.79 Å². The molecule has 132 valence electrons. The first-order valence-corrected chi connectivity index (χ1v) is 8.43. The molecule has 0 bridgehead atoms. The molecule has 1 heterocycles. The van der Waals surface area contributed by atoms with E-state index in [1.165, 1.54) is 24.3 Å². The number of carbonyl (C=O) groups is 2. The van der Waals surface area contributed by atoms with Crippen LogP contribution in [-0.2, 0) is 19.6 Å². The molecular weight excluding hydrogens is 350 g/mol. The molecule has 9 nitrogen and oxygen atoms in total. The summed E-state index contributed by atoms with van der Waals surface area (Å²) in [6.07, 6.45) is 1.37. The fourth-order valence-corrected chi connectivity index (χ4v) is 2.78. The number of carbonyl (C=O) groups excluding carboxylic acids is 2. The Balaban J connectivity index is 2.11. The molecule has 0 atom stereocenters. The molecular formula is C15H14N3O6S-. The van der Waals surface area contributed by atoms with Crippen molar-refractivity contribution in [1.29, 1.82) is 0 Å². The predicted molar refractivity (Wildman–Crippen MR) is 86.0 cm³/mol. The lowest BCUT2D eigenvalue weighted by Gasteiger charge is -2.07. The highest BCUT2D eigenvalue weighted by atomic mass is 32.2. The Labute approximate surface area is 143 Å². The van der Waals surface area contributed by atoms with Crippen molar-refractivity contribution in [3.63, 3.8) is 0 Å². The number of sulfonamides is 1. The summed E-state index contributed by atoms with van der Waals surface area (Å²) >= 11 is 0. The minimum absolute atomic E-state index is 0.0299. The van der Waals surface area contributed by atoms with Crippen LogP contribution in [0.25, 0.3) is 0 Å². The van der Waals surface area contributed by atoms with E-state index in [9.17, 15) is 23.1 Å². The van der Waals surface area contributed by atoms with Crippen molar-refractivity contribution in [2.45, 2.75) is 18.7 Å². The molecule has 0 aliphatic carbocycles. The zero-order chi connectivity index (χ0) is 18.6. The highest BCUT2D eigenvalue weighted by Crippen LogP contribution is 2.22. The van der Waals surface area contributed by atoms with Gasteiger partial charge in [-0.15, -0.1) is 0 Å². The number of hydrogen-bond acceptors (Lipinski definition) is 7. The molecule has 0 saturated heterocycles. The number of carboxylic acids is 1. The first-order chi connectivity index (χ1) is 11.7. The first kappa shape index (κ1) is 18.2. The van der Waals surface area contributed by atoms with E-state index >= 15 is 0 Å². The quantitative estimate of drug-likeness (QED) is 0.704. The second-order valence-electron chi connectivity index (χ2n) is 4.99. The van der Waals surface area contributed by atoms with E-state index in [0.717, 1.165) is 6.08 Å². The molecule has 2 rings (SSSR count). The number of benzene rings is 1. The normalized spacial score (nSPS) is 11.4. The van der Waals surface area contributed by atoms with E-state index in [1.807, 2.05) is 0 Å². The van der Waals surface area contributed by atoms with Gasteiger partial charge in [0.1, 0.15) is 0 Å². The molecule has 2 aromatic rings. The number of anilines is 2. The maximum atomic E-state index is 12.3. The first-order valence-electron chi connectivity index (χ1n) is 6.95. The number of aryl methyl sites for hydroxylation is 1. The van der Waals surface area contributed by atoms with Gasteiger partial charge in [0.25, 0.3) is 10.0 Å². The molecule has 0 aliphatic rings. The van der Waals surface area contributed by atoms with E-state index in [2.05, 4.69) is 15.2 Å². The number of nitrogens with one attached hydrogen (secondary N) is 2. The van der Waals surface area contributed by atoms with Crippen molar-refractivity contribution in [2.75, 3.05) is 10.0 Å². The van der Waals surface area contributed by atoms with E-state index in [4.69, 9.17) is 4.52 Å². The van der Waals surface area contributed by atoms with Crippen molar-refractivity contribution < 1.29 is 27.6 Å². The largest absolute Gasteiger partial charge is 0.545 e. The topological polar surface area (TPSA) is 141 Å². The molecule has 0 fully saturated rings. The molecule has 0 aliphatic heterocycles. The summed E-state index contributed by atoms with van der Waals surface area (Å²) in [7, 11) is -3.89. The Morgan fingerprint density at radius 1 is 1.16 bits per heavy atom. The number of carboxylic acid groups (broad SMARTS) is 1. The summed E-state index contributed by atoms with van der Waals surface area (Å²) in [6, 6.07) is 5.27. The van der Waals surface area contributed by atoms with Gasteiger partial charge >= 0.3 is 0 Å². The molecule has 0 spiro atoms. The highest BCUT2D eigenvalue weighted by molar-refractivity contribution is 7.92. The lowest BCUT2D eigenvalue weighted by atomic mass is 10.3. The van der Waals surface area contributed by atoms with Crippen molar-refractivity contribution in [1.82, 2.24) is 5.16 Å². The van der Waals surface area contributed by atoms with Crippen LogP contribution in [-0.4, -0.2) is 25.5 Å². The molecule has 0 unspecified atom stereocenters. The monoisotopic (exact) mass is 364 g/mol. The third-order valence-corrected chi connectivity index (χ3v) is 4.53. The Morgan fingerprint density at radius 3 is 2.32 bits per heavy atom. The van der Waals surface area contributed by atoms with Crippen LogP contribution in [0, 0.1) is 13.8 Å². The molecule has 25 heavy (non-hydrogen) atoms. The summed E-state index contributed by atoms with van der Waals surface area (Å²) < 4.78 is 31.8. The predicted octanol–water partition coefficient (Wildman–Crippen LogP) is 0.337. The lowest BCUT2D eigenvalue weighted by Crippen LogP contribution is -2.20. The smallest absolute Gasteiger partial charge is 0.264 e. The molecule has 0 radical (unpaired) electrons. The van der Waals surface area contributed by atoms with Crippen LogP contribution in [0.2, 0.25) is 0 Å². The number of rotatable bonds is 6. The zero-order valence-electron chi connectivity index (χ0n) is 13.3. The lowest BCUT2D eigenvalue weighted by molar-refractivity contribution is -0.297. The second-order valence-corrected chi connectivity index (χ2v) is 6.68. The van der Waals surface area contributed by atoms with Gasteiger partial charge in [-0.05, 0) is 44.2 Å². The van der Waals surface area contributed by atoms with Crippen molar-refractivity contribution >= 4 is 33.5 Å². The average Bonchev–Trinajstić information content (AvgIpc) is 2.85. The number of aromatic nitrogens is 1. The SMILES string of the molecule is Cc1noc(NS(=O)(=O)c2ccc(NC(=O)C=CC(=O)[O-])cc2)c1C. The van der Waals surface area contributed by atoms with E-state index in [0.29, 0.717) is 23.0 Å². The van der Waals surface area contributed by atoms with Crippen molar-refractivity contribution in [3.8, 4) is 0 Å². The fraction of sp³-hybridized carbons (Fsp3) is 0.133. The third-order valence-electron chi connectivity index (χ3n) is 3.19. The average molecular weight is 364 g/mol. The Bertz CT molecular complexity index is 929. The maximum absolute atomic E-state index is 12.3. The number of hydrogen-bond donors (Lipinski definition) is 2. The van der Waals surface area contributed by atoms with Crippen molar-refractivity contribution in [2.24, 2.45) is 0 Å². The minimum atomic E-state index is -3.89. The highest BCUT2D eigenvalue weighted by Gasteiger charge is 2.19. The fourth-order valence-electron chi connectivity index (χ4n) is 1.74. The summed E-state index contributed by atoms with van der Waals surface area (Å²) in [6.45, 7) is 3.35. The van der Waals surface area contributed by atoms with Gasteiger partial charge in [0.2, 0.25) is 11.8 Å². The van der Waals surface area contributed by atoms with Gasteiger partial charge in [0, 0.05) is 17.3 Å². The summed E-state index contributed by atoms with van der Waals surface area (Å²) in [5.41, 5.74) is 1.44. The van der Waals surface area contributed by atoms with Crippen LogP contribution in [0.15, 0.2) is 45.8 Å². The molecule has 0 saturated carbocycles. The van der Waals surface area contributed by atoms with Gasteiger partial charge in [-0.1, -0.05) is 5.16 Å². The number of amides is 1. The maximum Gasteiger partial charge on any atom is 0.264 e. The van der Waals surface area contributed by atoms with Gasteiger partial charge < -0.3 is 19.7 Å². The van der Waals surface area contributed by atoms with Crippen LogP contribution in [0.3, 0.4) is 0 Å². The number of nitrogens with zero attached hydrogens (tertiary/aromatic N) is 1. The van der Waals surface area contributed by atoms with E-state index in [-0.39, 0.29) is 10.8 Å². The Kier molecular flexibility index (Phi) is 5.22. The molecule has 2 N–H and O–H groups in total. The minimum Gasteiger partial charge on any atom is -0.545 e. The molecule has 1 aromatic heterocycles. The van der Waals surface area contributed by atoms with Crippen LogP contribution in [0.4, 0.5) is 11.6 Å². The van der Waals surface area contributed by atoms with E-state index in [1.54, 1.807) is 13.8 Å². The van der Waals surface area contributed by atoms with Crippen molar-refractivity contribution in [3.05, 3.63) is 47.7 Å².